The van der Waals surface area contributed by atoms with E-state index in [0.717, 1.165) is 44.3 Å². The minimum atomic E-state index is -0.878. The van der Waals surface area contributed by atoms with Crippen LogP contribution in [-0.4, -0.2) is 65.4 Å². The number of H-pyrrole nitrogens is 1. The molecule has 10 nitrogen and oxygen atoms in total. The first-order valence-corrected chi connectivity index (χ1v) is 9.42. The van der Waals surface area contributed by atoms with Gasteiger partial charge >= 0.3 is 5.97 Å². The van der Waals surface area contributed by atoms with Gasteiger partial charge in [0.2, 0.25) is 5.91 Å². The van der Waals surface area contributed by atoms with Gasteiger partial charge in [-0.25, -0.2) is 4.68 Å². The molecule has 0 radical (unpaired) electrons. The predicted octanol–water partition coefficient (Wildman–Crippen LogP) is 0.697. The molecule has 10 heteroatoms. The summed E-state index contributed by atoms with van der Waals surface area (Å²) in [6.07, 6.45) is 4.35. The van der Waals surface area contributed by atoms with E-state index in [1.807, 2.05) is 11.0 Å². The normalized spacial score (nSPS) is 20.9. The number of aryl methyl sites for hydroxylation is 1. The highest BCUT2D eigenvalue weighted by Crippen LogP contribution is 2.31. The Bertz CT molecular complexity index is 822. The molecule has 4 heterocycles. The number of aliphatic carboxylic acids is 1. The zero-order valence-corrected chi connectivity index (χ0v) is 15.0. The summed E-state index contributed by atoms with van der Waals surface area (Å²) < 4.78 is 1.76. The van der Waals surface area contributed by atoms with Crippen LogP contribution in [0.5, 0.6) is 0 Å². The smallest absolute Gasteiger partial charge is 0.309 e. The fourth-order valence-corrected chi connectivity index (χ4v) is 4.05. The molecule has 2 aromatic rings. The van der Waals surface area contributed by atoms with E-state index in [4.69, 9.17) is 5.11 Å². The molecule has 27 heavy (non-hydrogen) atoms. The molecule has 144 valence electrons. The number of likely N-dealkylation sites (tertiary alicyclic amines) is 1. The highest BCUT2D eigenvalue weighted by Gasteiger charge is 2.34. The summed E-state index contributed by atoms with van der Waals surface area (Å²) in [4.78, 5) is 25.8. The van der Waals surface area contributed by atoms with Crippen molar-refractivity contribution in [3.63, 3.8) is 0 Å². The molecular weight excluding hydrogens is 350 g/mol. The van der Waals surface area contributed by atoms with Crippen LogP contribution in [0.4, 0.5) is 0 Å². The van der Waals surface area contributed by atoms with Gasteiger partial charge in [0.15, 0.2) is 5.82 Å². The number of piperidine rings is 1. The number of carbonyl (C=O) groups is 2. The monoisotopic (exact) mass is 373 g/mol. The first kappa shape index (κ1) is 17.6. The lowest BCUT2D eigenvalue weighted by Gasteiger charge is -2.33. The number of carbonyl (C=O) groups excluding carboxylic acids is 1. The Kier molecular flexibility index (Phi) is 4.87. The first-order chi connectivity index (χ1) is 13.1. The molecule has 1 saturated heterocycles. The Balaban J connectivity index is 1.38. The topological polar surface area (TPSA) is 130 Å². The number of nitrogens with one attached hydrogen (secondary N) is 1. The first-order valence-electron chi connectivity index (χ1n) is 9.42. The summed E-state index contributed by atoms with van der Waals surface area (Å²) in [7, 11) is 0. The molecular formula is C17H23N7O3. The minimum absolute atomic E-state index is 0.0548. The molecule has 2 aliphatic heterocycles. The number of tetrazole rings is 1. The number of nitrogens with zero attached hydrogens (tertiary/aromatic N) is 6. The third-order valence-electron chi connectivity index (χ3n) is 5.50. The summed E-state index contributed by atoms with van der Waals surface area (Å²) in [5.41, 5.74) is 1.50. The van der Waals surface area contributed by atoms with Crippen molar-refractivity contribution in [2.45, 2.75) is 56.9 Å². The molecule has 2 N–H and O–H groups in total. The van der Waals surface area contributed by atoms with Gasteiger partial charge in [0, 0.05) is 31.2 Å². The lowest BCUT2D eigenvalue weighted by atomic mass is 9.91. The maximum atomic E-state index is 13.1. The fourth-order valence-electron chi connectivity index (χ4n) is 4.05. The third-order valence-corrected chi connectivity index (χ3v) is 5.50. The van der Waals surface area contributed by atoms with E-state index in [0.29, 0.717) is 24.6 Å². The summed E-state index contributed by atoms with van der Waals surface area (Å²) in [6, 6.07) is 1.83. The van der Waals surface area contributed by atoms with Crippen LogP contribution in [0.15, 0.2) is 6.07 Å². The predicted molar refractivity (Wildman–Crippen MR) is 92.9 cm³/mol. The van der Waals surface area contributed by atoms with Gasteiger partial charge in [0.25, 0.3) is 0 Å². The number of carboxylic acid groups (broad SMARTS) is 1. The van der Waals surface area contributed by atoms with Gasteiger partial charge in [-0.1, -0.05) is 6.42 Å². The van der Waals surface area contributed by atoms with Crippen LogP contribution in [0.25, 0.3) is 0 Å². The molecule has 2 aliphatic rings. The van der Waals surface area contributed by atoms with E-state index in [1.165, 1.54) is 0 Å². The Morgan fingerprint density at radius 3 is 2.78 bits per heavy atom. The molecule has 0 aromatic carbocycles. The van der Waals surface area contributed by atoms with E-state index < -0.39 is 5.97 Å². The maximum Gasteiger partial charge on any atom is 0.309 e. The summed E-state index contributed by atoms with van der Waals surface area (Å²) >= 11 is 0. The van der Waals surface area contributed by atoms with E-state index in [2.05, 4.69) is 25.7 Å². The lowest BCUT2D eigenvalue weighted by molar-refractivity contribution is -0.136. The number of aromatic amines is 1. The second kappa shape index (κ2) is 7.45. The fraction of sp³-hybridized carbons (Fsp3) is 0.647. The van der Waals surface area contributed by atoms with Crippen molar-refractivity contribution in [2.75, 3.05) is 13.1 Å². The van der Waals surface area contributed by atoms with Crippen molar-refractivity contribution >= 4 is 11.9 Å². The number of fused-ring (bicyclic) bond motifs is 1. The highest BCUT2D eigenvalue weighted by molar-refractivity contribution is 5.83. The average molecular weight is 373 g/mol. The lowest BCUT2D eigenvalue weighted by Crippen LogP contribution is -2.41. The Hall–Kier alpha value is -2.78. The summed E-state index contributed by atoms with van der Waals surface area (Å²) in [5, 5.41) is 27.8. The van der Waals surface area contributed by atoms with E-state index in [1.54, 1.807) is 4.68 Å². The van der Waals surface area contributed by atoms with Crippen molar-refractivity contribution < 1.29 is 14.7 Å². The van der Waals surface area contributed by atoms with E-state index in [-0.39, 0.29) is 24.2 Å². The van der Waals surface area contributed by atoms with Crippen LogP contribution in [-0.2, 0) is 22.6 Å². The van der Waals surface area contributed by atoms with Gasteiger partial charge in [-0.3, -0.25) is 14.7 Å². The molecule has 1 amide bonds. The van der Waals surface area contributed by atoms with E-state index in [9.17, 15) is 9.59 Å². The van der Waals surface area contributed by atoms with Crippen LogP contribution < -0.4 is 0 Å². The molecule has 0 spiro atoms. The SMILES string of the molecule is O=C(O)Cc1cc(C2CCN(C(=O)C3CCCCn4nnnc43)CC2)n[nH]1. The Morgan fingerprint density at radius 1 is 1.19 bits per heavy atom. The van der Waals surface area contributed by atoms with Crippen LogP contribution in [0.1, 0.15) is 61.2 Å². The van der Waals surface area contributed by atoms with E-state index >= 15 is 0 Å². The number of hydrogen-bond donors (Lipinski definition) is 2. The largest absolute Gasteiger partial charge is 0.481 e. The zero-order valence-electron chi connectivity index (χ0n) is 15.0. The number of amides is 1. The molecule has 2 aromatic heterocycles. The Labute approximate surface area is 155 Å². The summed E-state index contributed by atoms with van der Waals surface area (Å²) in [5.74, 6) is -0.0968. The van der Waals surface area contributed by atoms with Crippen molar-refractivity contribution in [3.05, 3.63) is 23.3 Å². The second-order valence-electron chi connectivity index (χ2n) is 7.30. The zero-order chi connectivity index (χ0) is 18.8. The molecule has 0 saturated carbocycles. The van der Waals surface area contributed by atoms with Crippen LogP contribution in [0.2, 0.25) is 0 Å². The molecule has 1 unspecified atom stereocenters. The van der Waals surface area contributed by atoms with Gasteiger partial charge < -0.3 is 10.0 Å². The molecule has 1 atom stereocenters. The number of aromatic nitrogens is 6. The quantitative estimate of drug-likeness (QED) is 0.806. The average Bonchev–Trinajstić information content (AvgIpc) is 3.27. The molecule has 0 aliphatic carbocycles. The third kappa shape index (κ3) is 3.69. The number of carboxylic acids is 1. The van der Waals surface area contributed by atoms with Crippen LogP contribution in [0.3, 0.4) is 0 Å². The van der Waals surface area contributed by atoms with Crippen LogP contribution in [0, 0.1) is 0 Å². The standard InChI is InChI=1S/C17H23N7O3/c25-15(26)10-12-9-14(19-18-12)11-4-7-23(8-5-11)17(27)13-3-1-2-6-24-16(13)20-21-22-24/h9,11,13H,1-8,10H2,(H,18,19)(H,25,26). The Morgan fingerprint density at radius 2 is 2.00 bits per heavy atom. The minimum Gasteiger partial charge on any atom is -0.481 e. The number of rotatable bonds is 4. The van der Waals surface area contributed by atoms with Crippen LogP contribution >= 0.6 is 0 Å². The van der Waals surface area contributed by atoms with Crippen molar-refractivity contribution in [2.24, 2.45) is 0 Å². The second-order valence-corrected chi connectivity index (χ2v) is 7.30. The summed E-state index contributed by atoms with van der Waals surface area (Å²) in [6.45, 7) is 2.11. The van der Waals surface area contributed by atoms with Crippen molar-refractivity contribution in [3.8, 4) is 0 Å². The highest BCUT2D eigenvalue weighted by atomic mass is 16.4. The van der Waals surface area contributed by atoms with Gasteiger partial charge in [0.05, 0.1) is 18.0 Å². The molecule has 4 rings (SSSR count). The van der Waals surface area contributed by atoms with Crippen molar-refractivity contribution in [1.29, 1.82) is 0 Å². The maximum absolute atomic E-state index is 13.1. The van der Waals surface area contributed by atoms with Gasteiger partial charge in [0.1, 0.15) is 0 Å². The van der Waals surface area contributed by atoms with Gasteiger partial charge in [-0.05, 0) is 42.2 Å². The molecule has 0 bridgehead atoms. The van der Waals surface area contributed by atoms with Gasteiger partial charge in [-0.15, -0.1) is 5.10 Å². The molecule has 1 fully saturated rings. The number of hydrogen-bond acceptors (Lipinski definition) is 6. The van der Waals surface area contributed by atoms with Gasteiger partial charge in [-0.2, -0.15) is 5.10 Å². The van der Waals surface area contributed by atoms with Crippen molar-refractivity contribution in [1.82, 2.24) is 35.3 Å².